The second-order valence-electron chi connectivity index (χ2n) is 5.58. The van der Waals surface area contributed by atoms with E-state index in [0.29, 0.717) is 15.4 Å². The maximum absolute atomic E-state index is 12.2. The van der Waals surface area contributed by atoms with Crippen LogP contribution in [0.1, 0.15) is 21.1 Å². The van der Waals surface area contributed by atoms with Crippen molar-refractivity contribution in [1.29, 1.82) is 0 Å². The third kappa shape index (κ3) is 3.27. The Hall–Kier alpha value is -3.26. The van der Waals surface area contributed by atoms with Gasteiger partial charge in [0.2, 0.25) is 0 Å². The lowest BCUT2D eigenvalue weighted by Crippen LogP contribution is -2.37. The van der Waals surface area contributed by atoms with Gasteiger partial charge in [-0.2, -0.15) is 0 Å². The molecule has 132 valence electrons. The maximum atomic E-state index is 12.2. The number of thiazole rings is 1. The van der Waals surface area contributed by atoms with E-state index < -0.39 is 17.2 Å². The van der Waals surface area contributed by atoms with Crippen molar-refractivity contribution in [1.82, 2.24) is 14.1 Å². The predicted octanol–water partition coefficient (Wildman–Crippen LogP) is 2.08. The minimum absolute atomic E-state index is 0.0331. The van der Waals surface area contributed by atoms with E-state index in [4.69, 9.17) is 0 Å². The normalized spacial score (nSPS) is 11.2. The zero-order valence-electron chi connectivity index (χ0n) is 14.0. The van der Waals surface area contributed by atoms with Crippen molar-refractivity contribution in [2.24, 2.45) is 14.1 Å². The molecule has 3 aromatic rings. The summed E-state index contributed by atoms with van der Waals surface area (Å²) in [6.07, 6.45) is 4.54. The first-order valence-electron chi connectivity index (χ1n) is 7.62. The highest BCUT2D eigenvalue weighted by Gasteiger charge is 2.17. The number of carboxylic acid groups (broad SMARTS) is 1. The Morgan fingerprint density at radius 1 is 1.15 bits per heavy atom. The fourth-order valence-electron chi connectivity index (χ4n) is 2.45. The van der Waals surface area contributed by atoms with Gasteiger partial charge in [0.05, 0.1) is 10.4 Å². The summed E-state index contributed by atoms with van der Waals surface area (Å²) in [6.45, 7) is 0. The van der Waals surface area contributed by atoms with Crippen LogP contribution in [0.25, 0.3) is 22.6 Å². The summed E-state index contributed by atoms with van der Waals surface area (Å²) in [5.41, 5.74) is 0.195. The molecule has 2 aromatic heterocycles. The Kier molecular flexibility index (Phi) is 4.68. The number of carbonyl (C=O) groups is 1. The number of rotatable bonds is 4. The van der Waals surface area contributed by atoms with Crippen LogP contribution < -0.4 is 11.2 Å². The van der Waals surface area contributed by atoms with Gasteiger partial charge in [0, 0.05) is 20.3 Å². The van der Waals surface area contributed by atoms with Crippen molar-refractivity contribution in [2.45, 2.75) is 0 Å². The van der Waals surface area contributed by atoms with E-state index >= 15 is 0 Å². The zero-order chi connectivity index (χ0) is 18.8. The van der Waals surface area contributed by atoms with Gasteiger partial charge in [-0.15, -0.1) is 11.3 Å². The molecule has 8 heteroatoms. The molecule has 0 aliphatic rings. The fourth-order valence-corrected chi connectivity index (χ4v) is 3.42. The van der Waals surface area contributed by atoms with Crippen LogP contribution >= 0.6 is 11.3 Å². The van der Waals surface area contributed by atoms with Gasteiger partial charge in [0.25, 0.3) is 5.56 Å². The molecule has 1 N–H and O–H groups in total. The standard InChI is InChI=1S/C18H15N3O4S/c1-20-10-12(16(22)21(2)18(20)25)8-9-13-19-14(17(23)24)15(26-13)11-6-4-3-5-7-11/h3-10H,1-2H3,(H,23,24)/b9-8+. The van der Waals surface area contributed by atoms with Crippen LogP contribution in [-0.4, -0.2) is 25.2 Å². The summed E-state index contributed by atoms with van der Waals surface area (Å²) in [5.74, 6) is -1.11. The zero-order valence-corrected chi connectivity index (χ0v) is 14.9. The predicted molar refractivity (Wildman–Crippen MR) is 100 cm³/mol. The number of aromatic nitrogens is 3. The summed E-state index contributed by atoms with van der Waals surface area (Å²) >= 11 is 1.22. The number of aromatic carboxylic acids is 1. The van der Waals surface area contributed by atoms with Crippen molar-refractivity contribution in [3.05, 3.63) is 73.6 Å². The molecule has 2 heterocycles. The van der Waals surface area contributed by atoms with Gasteiger partial charge in [-0.25, -0.2) is 14.6 Å². The molecular formula is C18H15N3O4S. The van der Waals surface area contributed by atoms with Gasteiger partial charge in [-0.05, 0) is 17.7 Å². The minimum Gasteiger partial charge on any atom is -0.476 e. The van der Waals surface area contributed by atoms with E-state index in [1.807, 2.05) is 30.3 Å². The molecule has 0 saturated carbocycles. The van der Waals surface area contributed by atoms with Crippen molar-refractivity contribution in [3.63, 3.8) is 0 Å². The van der Waals surface area contributed by atoms with Crippen molar-refractivity contribution >= 4 is 29.5 Å². The summed E-state index contributed by atoms with van der Waals surface area (Å²) in [6, 6.07) is 9.13. The minimum atomic E-state index is -1.11. The van der Waals surface area contributed by atoms with Gasteiger partial charge < -0.3 is 9.67 Å². The maximum Gasteiger partial charge on any atom is 0.356 e. The van der Waals surface area contributed by atoms with Crippen molar-refractivity contribution < 1.29 is 9.90 Å². The number of benzene rings is 1. The second-order valence-corrected chi connectivity index (χ2v) is 6.61. The topological polar surface area (TPSA) is 94.2 Å². The molecule has 0 aliphatic carbocycles. The van der Waals surface area contributed by atoms with E-state index in [-0.39, 0.29) is 5.69 Å². The summed E-state index contributed by atoms with van der Waals surface area (Å²) in [5, 5.41) is 9.86. The van der Waals surface area contributed by atoms with Gasteiger partial charge in [0.1, 0.15) is 5.01 Å². The van der Waals surface area contributed by atoms with Crippen LogP contribution in [0.5, 0.6) is 0 Å². The van der Waals surface area contributed by atoms with Crippen LogP contribution in [0.15, 0.2) is 46.1 Å². The molecule has 3 rings (SSSR count). The van der Waals surface area contributed by atoms with E-state index in [0.717, 1.165) is 10.1 Å². The highest BCUT2D eigenvalue weighted by atomic mass is 32.1. The number of nitrogens with zero attached hydrogens (tertiary/aromatic N) is 3. The Labute approximate surface area is 152 Å². The average molecular weight is 369 g/mol. The van der Waals surface area contributed by atoms with Crippen LogP contribution in [-0.2, 0) is 14.1 Å². The number of hydrogen-bond acceptors (Lipinski definition) is 5. The molecule has 0 radical (unpaired) electrons. The quantitative estimate of drug-likeness (QED) is 0.760. The Balaban J connectivity index is 2.04. The summed E-state index contributed by atoms with van der Waals surface area (Å²) < 4.78 is 2.32. The van der Waals surface area contributed by atoms with Gasteiger partial charge in [0.15, 0.2) is 5.69 Å². The van der Waals surface area contributed by atoms with Gasteiger partial charge in [-0.3, -0.25) is 9.36 Å². The Morgan fingerprint density at radius 2 is 1.85 bits per heavy atom. The second kappa shape index (κ2) is 6.93. The molecule has 0 amide bonds. The highest BCUT2D eigenvalue weighted by molar-refractivity contribution is 7.16. The lowest BCUT2D eigenvalue weighted by atomic mass is 10.1. The van der Waals surface area contributed by atoms with Crippen LogP contribution in [0.2, 0.25) is 0 Å². The number of aryl methyl sites for hydroxylation is 1. The monoisotopic (exact) mass is 369 g/mol. The third-order valence-corrected chi connectivity index (χ3v) is 4.83. The lowest BCUT2D eigenvalue weighted by Gasteiger charge is -2.02. The molecule has 0 bridgehead atoms. The molecule has 1 aromatic carbocycles. The first-order chi connectivity index (χ1) is 12.4. The molecule has 0 unspecified atom stereocenters. The molecule has 7 nitrogen and oxygen atoms in total. The van der Waals surface area contributed by atoms with E-state index in [1.54, 1.807) is 13.1 Å². The molecule has 0 aliphatic heterocycles. The van der Waals surface area contributed by atoms with Crippen molar-refractivity contribution in [2.75, 3.05) is 0 Å². The molecule has 0 fully saturated rings. The molecular weight excluding hydrogens is 354 g/mol. The van der Waals surface area contributed by atoms with E-state index in [2.05, 4.69) is 4.98 Å². The number of hydrogen-bond donors (Lipinski definition) is 1. The summed E-state index contributed by atoms with van der Waals surface area (Å²) in [4.78, 5) is 40.1. The van der Waals surface area contributed by atoms with Crippen LogP contribution in [0, 0.1) is 0 Å². The highest BCUT2D eigenvalue weighted by Crippen LogP contribution is 2.31. The Bertz CT molecular complexity index is 1120. The molecule has 0 spiro atoms. The smallest absolute Gasteiger partial charge is 0.356 e. The first-order valence-corrected chi connectivity index (χ1v) is 8.44. The van der Waals surface area contributed by atoms with E-state index in [9.17, 15) is 19.5 Å². The molecule has 0 saturated heterocycles. The average Bonchev–Trinajstić information content (AvgIpc) is 3.07. The van der Waals surface area contributed by atoms with Gasteiger partial charge >= 0.3 is 11.7 Å². The van der Waals surface area contributed by atoms with Crippen molar-refractivity contribution in [3.8, 4) is 10.4 Å². The third-order valence-electron chi connectivity index (χ3n) is 3.76. The lowest BCUT2D eigenvalue weighted by molar-refractivity contribution is 0.0692. The van der Waals surface area contributed by atoms with Crippen LogP contribution in [0.4, 0.5) is 0 Å². The largest absolute Gasteiger partial charge is 0.476 e. The first kappa shape index (κ1) is 17.6. The SMILES string of the molecule is Cn1cc(/C=C/c2nc(C(=O)O)c(-c3ccccc3)s2)c(=O)n(C)c1=O. The van der Waals surface area contributed by atoms with E-state index in [1.165, 1.54) is 35.2 Å². The molecule has 0 atom stereocenters. The van der Waals surface area contributed by atoms with Gasteiger partial charge in [-0.1, -0.05) is 30.3 Å². The van der Waals surface area contributed by atoms with Crippen LogP contribution in [0.3, 0.4) is 0 Å². The number of carboxylic acids is 1. The summed E-state index contributed by atoms with van der Waals surface area (Å²) in [7, 11) is 2.96. The molecule has 26 heavy (non-hydrogen) atoms. The fraction of sp³-hybridized carbons (Fsp3) is 0.111. The Morgan fingerprint density at radius 3 is 2.50 bits per heavy atom.